The first-order valence-electron chi connectivity index (χ1n) is 6.10. The second-order valence-corrected chi connectivity index (χ2v) is 5.96. The summed E-state index contributed by atoms with van der Waals surface area (Å²) < 4.78 is 17.6. The summed E-state index contributed by atoms with van der Waals surface area (Å²) in [6.45, 7) is 0. The van der Waals surface area contributed by atoms with Gasteiger partial charge in [-0.2, -0.15) is 0 Å². The van der Waals surface area contributed by atoms with Gasteiger partial charge in [-0.15, -0.1) is 5.10 Å². The quantitative estimate of drug-likeness (QED) is 0.691. The van der Waals surface area contributed by atoms with Crippen LogP contribution in [0.3, 0.4) is 0 Å². The number of hydrogen-bond donors (Lipinski definition) is 0. The van der Waals surface area contributed by atoms with E-state index in [1.807, 2.05) is 6.07 Å². The van der Waals surface area contributed by atoms with E-state index in [-0.39, 0.29) is 11.0 Å². The van der Waals surface area contributed by atoms with Crippen LogP contribution in [-0.4, -0.2) is 19.7 Å². The fourth-order valence-corrected chi connectivity index (χ4v) is 2.68. The molecule has 106 valence electrons. The number of benzene rings is 1. The summed E-state index contributed by atoms with van der Waals surface area (Å²) in [4.78, 5) is 4.12. The zero-order chi connectivity index (χ0) is 14.7. The van der Waals surface area contributed by atoms with Crippen LogP contribution < -0.4 is 0 Å². The first-order valence-corrected chi connectivity index (χ1v) is 7.80. The SMILES string of the molecule is [O-][S+](Cc1ccccn1)c1nnc(-c2ccc(Cl)cc2)o1. The molecular formula is C14H10ClN3O2S. The van der Waals surface area contributed by atoms with Gasteiger partial charge in [0.05, 0.1) is 16.9 Å². The van der Waals surface area contributed by atoms with E-state index in [0.717, 1.165) is 5.56 Å². The van der Waals surface area contributed by atoms with Gasteiger partial charge in [-0.25, -0.2) is 0 Å². The van der Waals surface area contributed by atoms with Gasteiger partial charge in [0.25, 0.3) is 5.89 Å². The van der Waals surface area contributed by atoms with E-state index in [0.29, 0.717) is 16.6 Å². The molecule has 0 aliphatic heterocycles. The third kappa shape index (κ3) is 3.41. The maximum absolute atomic E-state index is 12.2. The minimum absolute atomic E-state index is 0.0885. The van der Waals surface area contributed by atoms with Crippen molar-refractivity contribution in [3.63, 3.8) is 0 Å². The molecular weight excluding hydrogens is 310 g/mol. The van der Waals surface area contributed by atoms with Crippen LogP contribution >= 0.6 is 11.6 Å². The van der Waals surface area contributed by atoms with Crippen molar-refractivity contribution in [2.24, 2.45) is 0 Å². The summed E-state index contributed by atoms with van der Waals surface area (Å²) in [5.41, 5.74) is 1.44. The lowest BCUT2D eigenvalue weighted by atomic mass is 10.2. The monoisotopic (exact) mass is 319 g/mol. The lowest BCUT2D eigenvalue weighted by Gasteiger charge is -2.03. The minimum Gasteiger partial charge on any atom is -0.607 e. The van der Waals surface area contributed by atoms with Crippen molar-refractivity contribution in [3.8, 4) is 11.5 Å². The number of hydrogen-bond acceptors (Lipinski definition) is 5. The second kappa shape index (κ2) is 6.26. The van der Waals surface area contributed by atoms with Gasteiger partial charge in [0.2, 0.25) is 0 Å². The zero-order valence-electron chi connectivity index (χ0n) is 10.8. The Morgan fingerprint density at radius 1 is 1.10 bits per heavy atom. The van der Waals surface area contributed by atoms with Crippen LogP contribution in [0.2, 0.25) is 5.02 Å². The average Bonchev–Trinajstić information content (AvgIpc) is 2.99. The molecule has 1 atom stereocenters. The molecule has 0 aliphatic carbocycles. The number of aromatic nitrogens is 3. The van der Waals surface area contributed by atoms with Crippen LogP contribution in [0.15, 0.2) is 58.3 Å². The average molecular weight is 320 g/mol. The molecule has 0 N–H and O–H groups in total. The Bertz CT molecular complexity index is 719. The van der Waals surface area contributed by atoms with E-state index in [2.05, 4.69) is 15.2 Å². The predicted molar refractivity (Wildman–Crippen MR) is 79.1 cm³/mol. The molecule has 0 aliphatic rings. The topological polar surface area (TPSA) is 74.9 Å². The third-order valence-corrected chi connectivity index (χ3v) is 4.06. The van der Waals surface area contributed by atoms with Crippen molar-refractivity contribution in [3.05, 3.63) is 59.4 Å². The van der Waals surface area contributed by atoms with Crippen molar-refractivity contribution < 1.29 is 8.97 Å². The van der Waals surface area contributed by atoms with Crippen LogP contribution in [0.1, 0.15) is 5.69 Å². The van der Waals surface area contributed by atoms with E-state index in [9.17, 15) is 4.55 Å². The van der Waals surface area contributed by atoms with E-state index in [1.165, 1.54) is 0 Å². The Labute approximate surface area is 129 Å². The summed E-state index contributed by atoms with van der Waals surface area (Å²) in [6, 6.07) is 12.4. The van der Waals surface area contributed by atoms with E-state index in [1.54, 1.807) is 42.6 Å². The predicted octanol–water partition coefficient (Wildman–Crippen LogP) is 3.09. The number of pyridine rings is 1. The molecule has 0 fully saturated rings. The van der Waals surface area contributed by atoms with Crippen molar-refractivity contribution in [1.82, 2.24) is 15.2 Å². The molecule has 0 bridgehead atoms. The highest BCUT2D eigenvalue weighted by Crippen LogP contribution is 2.23. The van der Waals surface area contributed by atoms with E-state index in [4.69, 9.17) is 16.0 Å². The van der Waals surface area contributed by atoms with Crippen molar-refractivity contribution in [2.75, 3.05) is 0 Å². The lowest BCUT2D eigenvalue weighted by Crippen LogP contribution is -2.06. The fourth-order valence-electron chi connectivity index (χ4n) is 1.69. The molecule has 0 saturated carbocycles. The summed E-state index contributed by atoms with van der Waals surface area (Å²) in [6.07, 6.45) is 1.65. The van der Waals surface area contributed by atoms with Crippen LogP contribution in [0, 0.1) is 0 Å². The molecule has 1 unspecified atom stereocenters. The Hall–Kier alpha value is -1.89. The molecule has 3 rings (SSSR count). The molecule has 5 nitrogen and oxygen atoms in total. The number of rotatable bonds is 4. The van der Waals surface area contributed by atoms with Gasteiger partial charge >= 0.3 is 5.22 Å². The zero-order valence-corrected chi connectivity index (χ0v) is 12.3. The van der Waals surface area contributed by atoms with Gasteiger partial charge in [0.1, 0.15) is 0 Å². The molecule has 2 heterocycles. The van der Waals surface area contributed by atoms with Crippen LogP contribution in [0.25, 0.3) is 11.5 Å². The molecule has 3 aromatic rings. The van der Waals surface area contributed by atoms with Gasteiger partial charge in [-0.05, 0) is 36.4 Å². The molecule has 0 radical (unpaired) electrons. The normalized spacial score (nSPS) is 12.3. The first-order chi connectivity index (χ1) is 10.2. The Morgan fingerprint density at radius 3 is 2.62 bits per heavy atom. The third-order valence-electron chi connectivity index (χ3n) is 2.70. The van der Waals surface area contributed by atoms with Crippen molar-refractivity contribution in [1.29, 1.82) is 0 Å². The molecule has 0 amide bonds. The highest BCUT2D eigenvalue weighted by atomic mass is 35.5. The second-order valence-electron chi connectivity index (χ2n) is 4.19. The van der Waals surface area contributed by atoms with Crippen LogP contribution in [0.5, 0.6) is 0 Å². The summed E-state index contributed by atoms with van der Waals surface area (Å²) in [5, 5.41) is 8.45. The Morgan fingerprint density at radius 2 is 1.90 bits per heavy atom. The minimum atomic E-state index is -1.42. The van der Waals surface area contributed by atoms with Gasteiger partial charge in [-0.1, -0.05) is 22.8 Å². The van der Waals surface area contributed by atoms with Gasteiger partial charge in [-0.3, -0.25) is 4.98 Å². The molecule has 2 aromatic heterocycles. The van der Waals surface area contributed by atoms with Gasteiger partial charge in [0.15, 0.2) is 5.75 Å². The lowest BCUT2D eigenvalue weighted by molar-refractivity contribution is 0.439. The molecule has 0 spiro atoms. The van der Waals surface area contributed by atoms with E-state index < -0.39 is 11.2 Å². The van der Waals surface area contributed by atoms with Crippen LogP contribution in [-0.2, 0) is 16.9 Å². The van der Waals surface area contributed by atoms with Gasteiger partial charge < -0.3 is 8.97 Å². The molecule has 0 saturated heterocycles. The number of nitrogens with zero attached hydrogens (tertiary/aromatic N) is 3. The maximum atomic E-state index is 12.2. The smallest absolute Gasteiger partial charge is 0.436 e. The molecule has 1 aromatic carbocycles. The number of halogens is 1. The Balaban J connectivity index is 1.76. The van der Waals surface area contributed by atoms with Crippen LogP contribution in [0.4, 0.5) is 0 Å². The Kier molecular flexibility index (Phi) is 4.19. The van der Waals surface area contributed by atoms with E-state index >= 15 is 0 Å². The standard InChI is InChI=1S/C14H10ClN3O2S/c15-11-6-4-10(5-7-11)13-17-18-14(20-13)21(19)9-12-3-1-2-8-16-12/h1-8H,9H2. The summed E-state index contributed by atoms with van der Waals surface area (Å²) in [5.74, 6) is 0.555. The molecule has 21 heavy (non-hydrogen) atoms. The van der Waals surface area contributed by atoms with Crippen molar-refractivity contribution in [2.45, 2.75) is 11.0 Å². The molecule has 7 heteroatoms. The fraction of sp³-hybridized carbons (Fsp3) is 0.0714. The van der Waals surface area contributed by atoms with Gasteiger partial charge in [0, 0.05) is 16.8 Å². The summed E-state index contributed by atoms with van der Waals surface area (Å²) >= 11 is 4.40. The first kappa shape index (κ1) is 14.1. The van der Waals surface area contributed by atoms with Crippen molar-refractivity contribution >= 4 is 22.8 Å². The maximum Gasteiger partial charge on any atom is 0.436 e. The summed E-state index contributed by atoms with van der Waals surface area (Å²) in [7, 11) is 0. The highest BCUT2D eigenvalue weighted by molar-refractivity contribution is 7.90. The largest absolute Gasteiger partial charge is 0.607 e. The highest BCUT2D eigenvalue weighted by Gasteiger charge is 2.21.